The molecule has 11 heteroatoms. The van der Waals surface area contributed by atoms with Gasteiger partial charge in [0, 0.05) is 33.5 Å². The van der Waals surface area contributed by atoms with Crippen LogP contribution in [0.4, 0.5) is 13.2 Å². The van der Waals surface area contributed by atoms with Crippen molar-refractivity contribution in [2.75, 3.05) is 20.3 Å². The fourth-order valence-corrected chi connectivity index (χ4v) is 5.90. The summed E-state index contributed by atoms with van der Waals surface area (Å²) in [6.45, 7) is 4.97. The number of fused-ring (bicyclic) bond motifs is 1. The molecule has 0 aliphatic carbocycles. The average molecular weight is 681 g/mol. The van der Waals surface area contributed by atoms with E-state index in [4.69, 9.17) is 19.2 Å². The summed E-state index contributed by atoms with van der Waals surface area (Å²) in [5, 5.41) is 0. The Kier molecular flexibility index (Phi) is 8.41. The van der Waals surface area contributed by atoms with Crippen molar-refractivity contribution in [3.8, 4) is 17.1 Å². The second-order valence-electron chi connectivity index (χ2n) is 11.6. The lowest BCUT2D eigenvalue weighted by molar-refractivity contribution is 0.0601. The number of aromatic nitrogens is 3. The van der Waals surface area contributed by atoms with Gasteiger partial charge in [0.15, 0.2) is 0 Å². The van der Waals surface area contributed by atoms with Crippen molar-refractivity contribution >= 4 is 32.9 Å². The summed E-state index contributed by atoms with van der Waals surface area (Å²) in [7, 11) is 1.31. The molecule has 2 aromatic heterocycles. The van der Waals surface area contributed by atoms with Gasteiger partial charge >= 0.3 is 5.97 Å². The maximum absolute atomic E-state index is 15.7. The first-order valence-corrected chi connectivity index (χ1v) is 15.0. The van der Waals surface area contributed by atoms with E-state index in [0.717, 1.165) is 12.1 Å². The number of nitrogens with zero attached hydrogens (tertiary/aromatic N) is 3. The molecule has 0 N–H and O–H groups in total. The first-order chi connectivity index (χ1) is 21.5. The molecule has 0 radical (unpaired) electrons. The number of hydrogen-bond donors (Lipinski definition) is 0. The summed E-state index contributed by atoms with van der Waals surface area (Å²) in [5.74, 6) is -1.58. The van der Waals surface area contributed by atoms with E-state index in [0.29, 0.717) is 45.7 Å². The monoisotopic (exact) mass is 679 g/mol. The fraction of sp³-hybridized carbons (Fsp3) is 0.265. The number of imidazole rings is 1. The van der Waals surface area contributed by atoms with Crippen molar-refractivity contribution in [2.45, 2.75) is 32.9 Å². The quantitative estimate of drug-likeness (QED) is 0.156. The van der Waals surface area contributed by atoms with Crippen molar-refractivity contribution in [1.29, 1.82) is 0 Å². The predicted octanol–water partition coefficient (Wildman–Crippen LogP) is 7.83. The molecule has 0 amide bonds. The van der Waals surface area contributed by atoms with Crippen molar-refractivity contribution in [2.24, 2.45) is 5.41 Å². The van der Waals surface area contributed by atoms with Gasteiger partial charge in [-0.2, -0.15) is 0 Å². The number of esters is 1. The van der Waals surface area contributed by atoms with Crippen LogP contribution in [0.15, 0.2) is 71.2 Å². The number of carbonyl (C=O) groups excluding carboxylic acids is 1. The highest BCUT2D eigenvalue weighted by Gasteiger charge is 2.39. The number of halogens is 4. The summed E-state index contributed by atoms with van der Waals surface area (Å²) in [6.07, 6.45) is -0.00676. The Morgan fingerprint density at radius 3 is 2.53 bits per heavy atom. The van der Waals surface area contributed by atoms with E-state index in [9.17, 15) is 9.18 Å². The average Bonchev–Trinajstić information content (AvgIpc) is 3.55. The number of carbonyl (C=O) groups is 1. The summed E-state index contributed by atoms with van der Waals surface area (Å²) in [4.78, 5) is 21.4. The van der Waals surface area contributed by atoms with Crippen LogP contribution in [0, 0.1) is 22.9 Å². The molecule has 1 saturated heterocycles. The van der Waals surface area contributed by atoms with Gasteiger partial charge < -0.3 is 18.8 Å². The normalized spacial score (nSPS) is 15.8. The van der Waals surface area contributed by atoms with Crippen LogP contribution < -0.4 is 4.74 Å². The number of pyridine rings is 1. The predicted molar refractivity (Wildman–Crippen MR) is 166 cm³/mol. The largest absolute Gasteiger partial charge is 0.473 e. The Morgan fingerprint density at radius 2 is 1.80 bits per heavy atom. The molecule has 7 nitrogen and oxygen atoms in total. The van der Waals surface area contributed by atoms with Crippen LogP contribution in [0.2, 0.25) is 0 Å². The van der Waals surface area contributed by atoms with Crippen LogP contribution in [0.3, 0.4) is 0 Å². The molecule has 6 rings (SSSR count). The van der Waals surface area contributed by atoms with Gasteiger partial charge in [-0.05, 0) is 54.1 Å². The van der Waals surface area contributed by atoms with Crippen LogP contribution in [-0.4, -0.2) is 40.8 Å². The molecule has 1 aliphatic rings. The minimum absolute atomic E-state index is 0.00676. The van der Waals surface area contributed by atoms with E-state index in [-0.39, 0.29) is 47.2 Å². The van der Waals surface area contributed by atoms with Gasteiger partial charge in [-0.25, -0.2) is 27.9 Å². The molecular formula is C34H29BrF3N3O4. The van der Waals surface area contributed by atoms with E-state index in [1.165, 1.54) is 13.2 Å². The third kappa shape index (κ3) is 6.19. The molecule has 5 aromatic rings. The molecule has 45 heavy (non-hydrogen) atoms. The van der Waals surface area contributed by atoms with Gasteiger partial charge in [0.05, 0.1) is 48.7 Å². The summed E-state index contributed by atoms with van der Waals surface area (Å²) < 4.78 is 64.4. The van der Waals surface area contributed by atoms with Crippen LogP contribution >= 0.6 is 15.9 Å². The molecular weight excluding hydrogens is 651 g/mol. The van der Waals surface area contributed by atoms with Crippen LogP contribution in [0.25, 0.3) is 22.3 Å². The standard InChI is InChI=1S/C34H29BrF3N3O4/c1-34(2)18-44-17-30(34)41-29-12-19(33(42)43-3)8-10-28(29)39-31(41)13-21-11-26(38)23(15-25(21)37)27-5-4-6-32(40-27)45-16-20-7-9-22(35)14-24(20)36/h4-12,14-15,30H,13,16-18H2,1-3H3. The van der Waals surface area contributed by atoms with E-state index >= 15 is 8.78 Å². The number of methoxy groups -OCH3 is 1. The van der Waals surface area contributed by atoms with E-state index < -0.39 is 23.4 Å². The zero-order valence-electron chi connectivity index (χ0n) is 24.7. The Bertz CT molecular complexity index is 1930. The molecule has 3 aromatic carbocycles. The second kappa shape index (κ2) is 12.3. The van der Waals surface area contributed by atoms with Gasteiger partial charge in [0.1, 0.15) is 29.9 Å². The first-order valence-electron chi connectivity index (χ1n) is 14.2. The Balaban J connectivity index is 1.31. The maximum atomic E-state index is 15.7. The lowest BCUT2D eigenvalue weighted by Gasteiger charge is -2.28. The van der Waals surface area contributed by atoms with Crippen LogP contribution in [-0.2, 0) is 22.5 Å². The first kappa shape index (κ1) is 30.8. The molecule has 0 bridgehead atoms. The third-order valence-corrected chi connectivity index (χ3v) is 8.52. The SMILES string of the molecule is COC(=O)c1ccc2nc(Cc3cc(F)c(-c4cccc(OCc5ccc(Br)cc5F)n4)cc3F)n(C3COCC3(C)C)c2c1. The third-order valence-electron chi connectivity index (χ3n) is 8.02. The van der Waals surface area contributed by atoms with Gasteiger partial charge in [-0.15, -0.1) is 0 Å². The molecule has 1 fully saturated rings. The zero-order chi connectivity index (χ0) is 31.9. The Labute approximate surface area is 266 Å². The number of ether oxygens (including phenoxy) is 3. The van der Waals surface area contributed by atoms with E-state index in [1.807, 2.05) is 4.57 Å². The highest BCUT2D eigenvalue weighted by molar-refractivity contribution is 9.10. The van der Waals surface area contributed by atoms with Crippen molar-refractivity contribution in [3.63, 3.8) is 0 Å². The number of rotatable bonds is 8. The molecule has 3 heterocycles. The van der Waals surface area contributed by atoms with Gasteiger partial charge in [-0.1, -0.05) is 41.9 Å². The molecule has 0 saturated carbocycles. The fourth-order valence-electron chi connectivity index (χ4n) is 5.57. The minimum Gasteiger partial charge on any atom is -0.473 e. The summed E-state index contributed by atoms with van der Waals surface area (Å²) >= 11 is 3.22. The number of hydrogen-bond acceptors (Lipinski definition) is 6. The topological polar surface area (TPSA) is 75.5 Å². The van der Waals surface area contributed by atoms with Crippen molar-refractivity contribution in [1.82, 2.24) is 14.5 Å². The van der Waals surface area contributed by atoms with Crippen molar-refractivity contribution in [3.05, 3.63) is 111 Å². The molecule has 0 spiro atoms. The Hall–Kier alpha value is -4.22. The molecule has 1 aliphatic heterocycles. The molecule has 1 atom stereocenters. The van der Waals surface area contributed by atoms with E-state index in [1.54, 1.807) is 48.5 Å². The maximum Gasteiger partial charge on any atom is 0.337 e. The molecule has 232 valence electrons. The minimum atomic E-state index is -0.671. The lowest BCUT2D eigenvalue weighted by Crippen LogP contribution is -2.27. The van der Waals surface area contributed by atoms with Gasteiger partial charge in [0.2, 0.25) is 5.88 Å². The smallest absolute Gasteiger partial charge is 0.337 e. The van der Waals surface area contributed by atoms with Gasteiger partial charge in [0.25, 0.3) is 0 Å². The number of benzene rings is 3. The summed E-state index contributed by atoms with van der Waals surface area (Å²) in [5.41, 5.74) is 1.93. The second-order valence-corrected chi connectivity index (χ2v) is 12.5. The van der Waals surface area contributed by atoms with Crippen LogP contribution in [0.5, 0.6) is 5.88 Å². The lowest BCUT2D eigenvalue weighted by atomic mass is 9.87. The zero-order valence-corrected chi connectivity index (χ0v) is 26.3. The van der Waals surface area contributed by atoms with Crippen LogP contribution in [0.1, 0.15) is 47.2 Å². The Morgan fingerprint density at radius 1 is 1.00 bits per heavy atom. The van der Waals surface area contributed by atoms with E-state index in [2.05, 4.69) is 34.8 Å². The highest BCUT2D eigenvalue weighted by Crippen LogP contribution is 2.40. The molecule has 1 unspecified atom stereocenters. The highest BCUT2D eigenvalue weighted by atomic mass is 79.9. The van der Waals surface area contributed by atoms with Gasteiger partial charge in [-0.3, -0.25) is 0 Å². The summed E-state index contributed by atoms with van der Waals surface area (Å²) in [6, 6.07) is 16.5. The van der Waals surface area contributed by atoms with Crippen molar-refractivity contribution < 1.29 is 32.2 Å².